The van der Waals surface area contributed by atoms with Crippen molar-refractivity contribution < 1.29 is 47.6 Å². The van der Waals surface area contributed by atoms with Crippen LogP contribution in [0.5, 0.6) is 0 Å². The summed E-state index contributed by atoms with van der Waals surface area (Å²) in [5, 5.41) is 9.05. The van der Waals surface area contributed by atoms with Crippen LogP contribution in [0.1, 0.15) is 117 Å². The standard InChI is InChI=1S/C20H42O4S.Na/c1-3-5-7-9-11-12-14-16-18-20(25(22,23)24)19(21)17-15-13-10-8-6-4-2;/h19-21H,3-18H2,1-2H3,(H,22,23,24);/q;+1/p-1. The Labute approximate surface area is 185 Å². The Bertz CT molecular complexity index is 387. The summed E-state index contributed by atoms with van der Waals surface area (Å²) in [6.07, 6.45) is 15.2. The summed E-state index contributed by atoms with van der Waals surface area (Å²) in [5.41, 5.74) is 0. The van der Waals surface area contributed by atoms with Gasteiger partial charge in [-0.15, -0.1) is 0 Å². The zero-order valence-electron chi connectivity index (χ0n) is 17.5. The van der Waals surface area contributed by atoms with Crippen molar-refractivity contribution in [3.63, 3.8) is 0 Å². The molecule has 0 heterocycles. The molecule has 1 N–H and O–H groups in total. The Morgan fingerprint density at radius 1 is 0.692 bits per heavy atom. The minimum absolute atomic E-state index is 0. The number of hydrogen-bond donors (Lipinski definition) is 1. The Morgan fingerprint density at radius 2 is 1.04 bits per heavy atom. The molecule has 0 rings (SSSR count). The van der Waals surface area contributed by atoms with E-state index in [9.17, 15) is 18.1 Å². The first-order valence-corrected chi connectivity index (χ1v) is 12.0. The first kappa shape index (κ1) is 29.1. The van der Waals surface area contributed by atoms with Gasteiger partial charge in [-0.3, -0.25) is 0 Å². The second-order valence-corrected chi connectivity index (χ2v) is 9.01. The second-order valence-electron chi connectivity index (χ2n) is 7.42. The quantitative estimate of drug-likeness (QED) is 0.218. The molecule has 2 unspecified atom stereocenters. The van der Waals surface area contributed by atoms with E-state index >= 15 is 0 Å². The van der Waals surface area contributed by atoms with Gasteiger partial charge in [-0.05, 0) is 12.8 Å². The maximum Gasteiger partial charge on any atom is 1.00 e. The molecule has 0 aliphatic heterocycles. The van der Waals surface area contributed by atoms with Gasteiger partial charge in [0, 0.05) is 0 Å². The van der Waals surface area contributed by atoms with Crippen molar-refractivity contribution in [3.05, 3.63) is 0 Å². The van der Waals surface area contributed by atoms with E-state index in [1.807, 2.05) is 0 Å². The van der Waals surface area contributed by atoms with Gasteiger partial charge >= 0.3 is 29.6 Å². The molecule has 0 bridgehead atoms. The van der Waals surface area contributed by atoms with Gasteiger partial charge < -0.3 is 9.66 Å². The third-order valence-electron chi connectivity index (χ3n) is 5.00. The largest absolute Gasteiger partial charge is 1.00 e. The molecule has 0 saturated heterocycles. The summed E-state index contributed by atoms with van der Waals surface area (Å²) in [4.78, 5) is 0. The molecule has 0 saturated carbocycles. The van der Waals surface area contributed by atoms with Crippen molar-refractivity contribution in [1.29, 1.82) is 0 Å². The molecule has 0 amide bonds. The molecule has 0 aromatic rings. The van der Waals surface area contributed by atoms with E-state index in [2.05, 4.69) is 13.8 Å². The predicted octanol–water partition coefficient (Wildman–Crippen LogP) is 2.55. The Kier molecular flexibility index (Phi) is 21.5. The monoisotopic (exact) mass is 400 g/mol. The van der Waals surface area contributed by atoms with Gasteiger partial charge in [0.15, 0.2) is 0 Å². The molecule has 2 atom stereocenters. The van der Waals surface area contributed by atoms with Crippen LogP contribution < -0.4 is 29.6 Å². The van der Waals surface area contributed by atoms with Crippen molar-refractivity contribution >= 4 is 10.1 Å². The van der Waals surface area contributed by atoms with Crippen LogP contribution in [0.2, 0.25) is 0 Å². The molecule has 152 valence electrons. The summed E-state index contributed by atoms with van der Waals surface area (Å²) in [6, 6.07) is 0. The Balaban J connectivity index is 0. The summed E-state index contributed by atoms with van der Waals surface area (Å²) < 4.78 is 34.4. The van der Waals surface area contributed by atoms with Gasteiger partial charge in [-0.1, -0.05) is 104 Å². The van der Waals surface area contributed by atoms with Gasteiger partial charge in [-0.25, -0.2) is 8.42 Å². The van der Waals surface area contributed by atoms with Gasteiger partial charge in [0.2, 0.25) is 0 Å². The molecule has 6 heteroatoms. The van der Waals surface area contributed by atoms with Crippen molar-refractivity contribution in [3.8, 4) is 0 Å². The molecule has 26 heavy (non-hydrogen) atoms. The fraction of sp³-hybridized carbons (Fsp3) is 1.00. The molecular formula is C20H41NaO4S. The average molecular weight is 401 g/mol. The van der Waals surface area contributed by atoms with Crippen LogP contribution in [-0.2, 0) is 10.1 Å². The third-order valence-corrected chi connectivity index (χ3v) is 6.29. The molecule has 0 spiro atoms. The van der Waals surface area contributed by atoms with E-state index in [-0.39, 0.29) is 29.6 Å². The van der Waals surface area contributed by atoms with Crippen molar-refractivity contribution in [2.75, 3.05) is 0 Å². The molecule has 0 aromatic carbocycles. The normalized spacial score (nSPS) is 14.0. The van der Waals surface area contributed by atoms with Crippen LogP contribution in [0, 0.1) is 0 Å². The van der Waals surface area contributed by atoms with Gasteiger partial charge in [0.25, 0.3) is 0 Å². The van der Waals surface area contributed by atoms with E-state index in [0.717, 1.165) is 32.1 Å². The van der Waals surface area contributed by atoms with E-state index in [1.165, 1.54) is 51.4 Å². The summed E-state index contributed by atoms with van der Waals surface area (Å²) in [7, 11) is -4.42. The van der Waals surface area contributed by atoms with Crippen LogP contribution in [-0.4, -0.2) is 29.4 Å². The number of unbranched alkanes of at least 4 members (excludes halogenated alkanes) is 12. The maximum absolute atomic E-state index is 11.5. The van der Waals surface area contributed by atoms with Gasteiger partial charge in [0.1, 0.15) is 10.1 Å². The van der Waals surface area contributed by atoms with E-state index < -0.39 is 21.5 Å². The smallest absolute Gasteiger partial charge is 0.748 e. The Morgan fingerprint density at radius 3 is 1.42 bits per heavy atom. The van der Waals surface area contributed by atoms with Crippen molar-refractivity contribution in [2.45, 2.75) is 128 Å². The molecule has 0 radical (unpaired) electrons. The molecule has 0 aromatic heterocycles. The van der Waals surface area contributed by atoms with Crippen LogP contribution in [0.15, 0.2) is 0 Å². The number of aliphatic hydroxyl groups is 1. The third kappa shape index (κ3) is 17.0. The van der Waals surface area contributed by atoms with Crippen LogP contribution in [0.25, 0.3) is 0 Å². The number of aliphatic hydroxyl groups excluding tert-OH is 1. The first-order valence-electron chi connectivity index (χ1n) is 10.6. The van der Waals surface area contributed by atoms with E-state index in [0.29, 0.717) is 19.3 Å². The number of rotatable bonds is 18. The summed E-state index contributed by atoms with van der Waals surface area (Å²) in [6.45, 7) is 4.36. The van der Waals surface area contributed by atoms with Crippen LogP contribution in [0.4, 0.5) is 0 Å². The SMILES string of the molecule is CCCCCCCCCCC(C(O)CCCCCCCC)S(=O)(=O)[O-].[Na+]. The summed E-state index contributed by atoms with van der Waals surface area (Å²) >= 11 is 0. The van der Waals surface area contributed by atoms with Gasteiger partial charge in [-0.2, -0.15) is 0 Å². The van der Waals surface area contributed by atoms with Crippen molar-refractivity contribution in [1.82, 2.24) is 0 Å². The zero-order chi connectivity index (χ0) is 19.0. The van der Waals surface area contributed by atoms with Crippen molar-refractivity contribution in [2.24, 2.45) is 0 Å². The fourth-order valence-corrected chi connectivity index (χ4v) is 4.30. The molecule has 0 aliphatic carbocycles. The molecule has 4 nitrogen and oxygen atoms in total. The average Bonchev–Trinajstić information content (AvgIpc) is 2.55. The minimum Gasteiger partial charge on any atom is -0.748 e. The fourth-order valence-electron chi connectivity index (χ4n) is 3.33. The van der Waals surface area contributed by atoms with Gasteiger partial charge in [0.05, 0.1) is 11.4 Å². The first-order chi connectivity index (χ1) is 11.9. The minimum atomic E-state index is -4.42. The molecular weight excluding hydrogens is 359 g/mol. The van der Waals surface area contributed by atoms with Crippen LogP contribution in [0.3, 0.4) is 0 Å². The summed E-state index contributed by atoms with van der Waals surface area (Å²) in [5.74, 6) is 0. The Hall–Kier alpha value is 0.870. The maximum atomic E-state index is 11.5. The van der Waals surface area contributed by atoms with E-state index in [1.54, 1.807) is 0 Å². The van der Waals surface area contributed by atoms with Crippen LogP contribution >= 0.6 is 0 Å². The topological polar surface area (TPSA) is 77.4 Å². The zero-order valence-corrected chi connectivity index (χ0v) is 20.4. The molecule has 0 aliphatic rings. The van der Waals surface area contributed by atoms with E-state index in [4.69, 9.17) is 0 Å². The number of hydrogen-bond acceptors (Lipinski definition) is 4. The molecule has 0 fully saturated rings. The predicted molar refractivity (Wildman–Crippen MR) is 105 cm³/mol. The second kappa shape index (κ2) is 19.2.